The van der Waals surface area contributed by atoms with Crippen LogP contribution in [0.3, 0.4) is 0 Å². The Morgan fingerprint density at radius 3 is 2.30 bits per heavy atom. The number of amides is 4. The van der Waals surface area contributed by atoms with Crippen molar-refractivity contribution in [2.24, 2.45) is 0 Å². The van der Waals surface area contributed by atoms with Crippen molar-refractivity contribution in [3.63, 3.8) is 0 Å². The molecular weight excluding hydrogens is 446 g/mol. The van der Waals surface area contributed by atoms with Crippen LogP contribution in [0.4, 0.5) is 4.79 Å². The zero-order chi connectivity index (χ0) is 23.2. The summed E-state index contributed by atoms with van der Waals surface area (Å²) in [7, 11) is 0. The van der Waals surface area contributed by atoms with Crippen LogP contribution in [0.25, 0.3) is 6.08 Å². The Labute approximate surface area is 196 Å². The number of morpholine rings is 1. The Morgan fingerprint density at radius 1 is 0.939 bits per heavy atom. The molecule has 0 spiro atoms. The van der Waals surface area contributed by atoms with Crippen LogP contribution in [-0.4, -0.2) is 90.2 Å². The number of hydrogen-bond donors (Lipinski definition) is 0. The quantitative estimate of drug-likeness (QED) is 0.583. The number of carbonyl (C=O) groups excluding carboxylic acids is 4. The van der Waals surface area contributed by atoms with Gasteiger partial charge >= 0.3 is 0 Å². The second-order valence-corrected chi connectivity index (χ2v) is 9.05. The van der Waals surface area contributed by atoms with Crippen LogP contribution in [0.5, 0.6) is 5.75 Å². The number of hydrogen-bond acceptors (Lipinski definition) is 7. The highest BCUT2D eigenvalue weighted by Crippen LogP contribution is 2.32. The summed E-state index contributed by atoms with van der Waals surface area (Å²) in [6.45, 7) is 3.31. The molecule has 1 aromatic rings. The van der Waals surface area contributed by atoms with Crippen LogP contribution in [0, 0.1) is 0 Å². The number of thioether (sulfide) groups is 1. The third-order valence-electron chi connectivity index (χ3n) is 5.78. The number of imide groups is 1. The molecule has 3 heterocycles. The smallest absolute Gasteiger partial charge is 0.294 e. The summed E-state index contributed by atoms with van der Waals surface area (Å²) in [5.74, 6) is -0.192. The van der Waals surface area contributed by atoms with Crippen molar-refractivity contribution in [1.82, 2.24) is 14.7 Å². The molecule has 0 unspecified atom stereocenters. The van der Waals surface area contributed by atoms with Crippen LogP contribution < -0.4 is 4.74 Å². The number of rotatable bonds is 6. The molecule has 0 N–H and O–H groups in total. The van der Waals surface area contributed by atoms with Gasteiger partial charge in [-0.25, -0.2) is 0 Å². The van der Waals surface area contributed by atoms with E-state index in [1.54, 1.807) is 40.1 Å². The van der Waals surface area contributed by atoms with Crippen molar-refractivity contribution in [3.05, 3.63) is 34.7 Å². The number of piperidine rings is 1. The SMILES string of the molecule is O=C(COc1ccc(/C=C2\SC(=O)N(CC(=O)N3CCCCC3)C2=O)cc1)N1CCOCC1. The van der Waals surface area contributed by atoms with Crippen LogP contribution in [-0.2, 0) is 19.1 Å². The summed E-state index contributed by atoms with van der Waals surface area (Å²) in [5, 5.41) is -0.432. The van der Waals surface area contributed by atoms with E-state index in [2.05, 4.69) is 0 Å². The van der Waals surface area contributed by atoms with Gasteiger partial charge in [0.05, 0.1) is 18.1 Å². The number of carbonyl (C=O) groups is 4. The van der Waals surface area contributed by atoms with Gasteiger partial charge in [0.15, 0.2) is 6.61 Å². The lowest BCUT2D eigenvalue weighted by molar-refractivity contribution is -0.137. The maximum atomic E-state index is 12.7. The normalized spacial score (nSPS) is 20.5. The molecule has 33 heavy (non-hydrogen) atoms. The largest absolute Gasteiger partial charge is 0.484 e. The minimum absolute atomic E-state index is 0.0523. The molecule has 3 saturated heterocycles. The zero-order valence-electron chi connectivity index (χ0n) is 18.4. The van der Waals surface area contributed by atoms with Crippen molar-refractivity contribution in [2.45, 2.75) is 19.3 Å². The lowest BCUT2D eigenvalue weighted by atomic mass is 10.1. The molecular formula is C23H27N3O6S. The third kappa shape index (κ3) is 5.94. The number of likely N-dealkylation sites (tertiary alicyclic amines) is 1. The molecule has 0 bridgehead atoms. The summed E-state index contributed by atoms with van der Waals surface area (Å²) in [6, 6.07) is 6.92. The highest BCUT2D eigenvalue weighted by Gasteiger charge is 2.37. The van der Waals surface area contributed by atoms with Crippen LogP contribution >= 0.6 is 11.8 Å². The molecule has 9 nitrogen and oxygen atoms in total. The molecule has 0 atom stereocenters. The monoisotopic (exact) mass is 473 g/mol. The summed E-state index contributed by atoms with van der Waals surface area (Å²) >= 11 is 0.836. The molecule has 10 heteroatoms. The molecule has 0 saturated carbocycles. The first-order valence-corrected chi connectivity index (χ1v) is 11.9. The number of nitrogens with zero attached hydrogens (tertiary/aromatic N) is 3. The second-order valence-electron chi connectivity index (χ2n) is 8.06. The molecule has 4 rings (SSSR count). The third-order valence-corrected chi connectivity index (χ3v) is 6.69. The summed E-state index contributed by atoms with van der Waals surface area (Å²) in [4.78, 5) is 54.4. The van der Waals surface area contributed by atoms with Crippen LogP contribution in [0.1, 0.15) is 24.8 Å². The van der Waals surface area contributed by atoms with Crippen molar-refractivity contribution >= 4 is 40.8 Å². The van der Waals surface area contributed by atoms with Gasteiger partial charge in [0.1, 0.15) is 12.3 Å². The number of benzene rings is 1. The molecule has 0 aromatic heterocycles. The van der Waals surface area contributed by atoms with Crippen LogP contribution in [0.15, 0.2) is 29.2 Å². The maximum absolute atomic E-state index is 12.7. The van der Waals surface area contributed by atoms with Crippen molar-refractivity contribution < 1.29 is 28.7 Å². The summed E-state index contributed by atoms with van der Waals surface area (Å²) in [6.07, 6.45) is 4.63. The Hall–Kier alpha value is -2.85. The fourth-order valence-corrected chi connectivity index (χ4v) is 4.71. The van der Waals surface area contributed by atoms with Gasteiger partial charge < -0.3 is 19.3 Å². The van der Waals surface area contributed by atoms with Gasteiger partial charge in [-0.3, -0.25) is 24.1 Å². The minimum atomic E-state index is -0.452. The van der Waals surface area contributed by atoms with E-state index < -0.39 is 11.1 Å². The Morgan fingerprint density at radius 2 is 1.61 bits per heavy atom. The summed E-state index contributed by atoms with van der Waals surface area (Å²) in [5.41, 5.74) is 0.717. The number of ether oxygens (including phenoxy) is 2. The molecule has 4 amide bonds. The first-order valence-electron chi connectivity index (χ1n) is 11.1. The molecule has 0 aliphatic carbocycles. The van der Waals surface area contributed by atoms with E-state index >= 15 is 0 Å². The predicted molar refractivity (Wildman–Crippen MR) is 122 cm³/mol. The van der Waals surface area contributed by atoms with Crippen molar-refractivity contribution in [1.29, 1.82) is 0 Å². The van der Waals surface area contributed by atoms with Gasteiger partial charge in [0.25, 0.3) is 17.1 Å². The Balaban J connectivity index is 1.31. The van der Waals surface area contributed by atoms with Gasteiger partial charge in [-0.2, -0.15) is 0 Å². The van der Waals surface area contributed by atoms with E-state index in [1.807, 2.05) is 0 Å². The average Bonchev–Trinajstić information content (AvgIpc) is 3.11. The molecule has 3 aliphatic heterocycles. The van der Waals surface area contributed by atoms with Crippen molar-refractivity contribution in [3.8, 4) is 5.75 Å². The van der Waals surface area contributed by atoms with E-state index in [-0.39, 0.29) is 29.9 Å². The van der Waals surface area contributed by atoms with Gasteiger partial charge in [-0.05, 0) is 54.8 Å². The zero-order valence-corrected chi connectivity index (χ0v) is 19.2. The molecule has 3 aliphatic rings. The Bertz CT molecular complexity index is 936. The fourth-order valence-electron chi connectivity index (χ4n) is 3.88. The highest BCUT2D eigenvalue weighted by atomic mass is 32.2. The first kappa shape index (κ1) is 23.3. The van der Waals surface area contributed by atoms with Gasteiger partial charge in [0, 0.05) is 26.2 Å². The minimum Gasteiger partial charge on any atom is -0.484 e. The highest BCUT2D eigenvalue weighted by molar-refractivity contribution is 8.18. The lowest BCUT2D eigenvalue weighted by Gasteiger charge is -2.27. The Kier molecular flexibility index (Phi) is 7.66. The average molecular weight is 474 g/mol. The predicted octanol–water partition coefficient (Wildman–Crippen LogP) is 1.97. The van der Waals surface area contributed by atoms with Crippen molar-refractivity contribution in [2.75, 3.05) is 52.5 Å². The van der Waals surface area contributed by atoms with Crippen LogP contribution in [0.2, 0.25) is 0 Å². The van der Waals surface area contributed by atoms with Gasteiger partial charge in [-0.15, -0.1) is 0 Å². The van der Waals surface area contributed by atoms with E-state index in [4.69, 9.17) is 9.47 Å². The standard InChI is InChI=1S/C23H27N3O6S/c27-20(24-8-2-1-3-9-24)15-26-22(29)19(33-23(26)30)14-17-4-6-18(7-5-17)32-16-21(28)25-10-12-31-13-11-25/h4-7,14H,1-3,8-13,15-16H2/b19-14-. The van der Waals surface area contributed by atoms with E-state index in [0.29, 0.717) is 45.1 Å². The van der Waals surface area contributed by atoms with E-state index in [9.17, 15) is 19.2 Å². The molecule has 0 radical (unpaired) electrons. The van der Waals surface area contributed by atoms with E-state index in [1.165, 1.54) is 0 Å². The van der Waals surface area contributed by atoms with Gasteiger partial charge in [-0.1, -0.05) is 12.1 Å². The topological polar surface area (TPSA) is 96.5 Å². The maximum Gasteiger partial charge on any atom is 0.294 e. The second kappa shape index (κ2) is 10.8. The summed E-state index contributed by atoms with van der Waals surface area (Å²) < 4.78 is 10.8. The molecule has 1 aromatic carbocycles. The molecule has 3 fully saturated rings. The lowest BCUT2D eigenvalue weighted by Crippen LogP contribution is -2.44. The van der Waals surface area contributed by atoms with Gasteiger partial charge in [0.2, 0.25) is 5.91 Å². The molecule has 176 valence electrons. The fraction of sp³-hybridized carbons (Fsp3) is 0.478. The first-order chi connectivity index (χ1) is 16.0. The van der Waals surface area contributed by atoms with E-state index in [0.717, 1.165) is 41.5 Å².